The number of nitrogens with zero attached hydrogens (tertiary/aromatic N) is 5. The molecule has 37 heavy (non-hydrogen) atoms. The summed E-state index contributed by atoms with van der Waals surface area (Å²) in [4.78, 5) is 13.1. The zero-order valence-electron chi connectivity index (χ0n) is 22.3. The minimum absolute atomic E-state index is 0.0859. The predicted molar refractivity (Wildman–Crippen MR) is 151 cm³/mol. The molecule has 0 atom stereocenters. The van der Waals surface area contributed by atoms with E-state index in [1.807, 2.05) is 25.1 Å². The Morgan fingerprint density at radius 1 is 1.16 bits per heavy atom. The van der Waals surface area contributed by atoms with Crippen molar-refractivity contribution in [2.75, 3.05) is 24.8 Å². The molecule has 1 aromatic carbocycles. The van der Waals surface area contributed by atoms with Gasteiger partial charge in [0, 0.05) is 39.7 Å². The number of thioether (sulfide) groups is 1. The standard InChI is InChI=1S/C24H34ClN5O4S2Si/c1-17-19(9-8-10-20(17)33-4)15-35-24-27-21(25)13-22(28-24)30(16-34-11-12-37(5,6)7)36(31,32)23-14-29(3)18(2)26-23/h8-10,13-14H,11-12,15-16H2,1-7H3. The maximum Gasteiger partial charge on any atom is 0.286 e. The van der Waals surface area contributed by atoms with Gasteiger partial charge in [-0.05, 0) is 37.1 Å². The van der Waals surface area contributed by atoms with Crippen molar-refractivity contribution in [2.24, 2.45) is 7.05 Å². The van der Waals surface area contributed by atoms with Gasteiger partial charge in [0.1, 0.15) is 23.5 Å². The van der Waals surface area contributed by atoms with Crippen molar-refractivity contribution in [2.45, 2.75) is 55.5 Å². The lowest BCUT2D eigenvalue weighted by Gasteiger charge is -2.23. The summed E-state index contributed by atoms with van der Waals surface area (Å²) in [6.45, 7) is 10.7. The quantitative estimate of drug-likeness (QED) is 0.0708. The Morgan fingerprint density at radius 2 is 1.89 bits per heavy atom. The number of aryl methyl sites for hydroxylation is 2. The highest BCUT2D eigenvalue weighted by atomic mass is 35.5. The highest BCUT2D eigenvalue weighted by molar-refractivity contribution is 7.98. The number of methoxy groups -OCH3 is 1. The van der Waals surface area contributed by atoms with Crippen molar-refractivity contribution in [3.05, 3.63) is 52.6 Å². The summed E-state index contributed by atoms with van der Waals surface area (Å²) in [5.74, 6) is 2.05. The van der Waals surface area contributed by atoms with Gasteiger partial charge in [-0.25, -0.2) is 19.3 Å². The second-order valence-corrected chi connectivity index (χ2v) is 18.6. The van der Waals surface area contributed by atoms with E-state index < -0.39 is 18.1 Å². The van der Waals surface area contributed by atoms with Crippen molar-refractivity contribution >= 4 is 47.3 Å². The summed E-state index contributed by atoms with van der Waals surface area (Å²) in [5.41, 5.74) is 2.07. The second-order valence-electron chi connectivity index (χ2n) is 9.80. The molecule has 0 radical (unpaired) electrons. The van der Waals surface area contributed by atoms with Crippen LogP contribution in [0, 0.1) is 13.8 Å². The predicted octanol–water partition coefficient (Wildman–Crippen LogP) is 5.29. The van der Waals surface area contributed by atoms with Gasteiger partial charge in [0.15, 0.2) is 16.0 Å². The Kier molecular flexibility index (Phi) is 9.67. The van der Waals surface area contributed by atoms with Crippen molar-refractivity contribution < 1.29 is 17.9 Å². The first-order valence-corrected chi connectivity index (χ1v) is 18.2. The molecule has 202 valence electrons. The lowest BCUT2D eigenvalue weighted by Crippen LogP contribution is -2.35. The molecule has 0 saturated carbocycles. The van der Waals surface area contributed by atoms with Crippen molar-refractivity contribution in [3.8, 4) is 5.75 Å². The molecule has 2 heterocycles. The van der Waals surface area contributed by atoms with Crippen molar-refractivity contribution in [3.63, 3.8) is 0 Å². The van der Waals surface area contributed by atoms with Gasteiger partial charge < -0.3 is 14.0 Å². The maximum absolute atomic E-state index is 13.7. The fourth-order valence-corrected chi connectivity index (χ4v) is 6.53. The first-order chi connectivity index (χ1) is 17.3. The van der Waals surface area contributed by atoms with Crippen LogP contribution in [0.4, 0.5) is 5.82 Å². The number of sulfonamides is 1. The third-order valence-corrected chi connectivity index (χ3v) is 10.1. The molecule has 0 fully saturated rings. The van der Waals surface area contributed by atoms with E-state index in [4.69, 9.17) is 21.1 Å². The van der Waals surface area contributed by atoms with E-state index >= 15 is 0 Å². The largest absolute Gasteiger partial charge is 0.496 e. The van der Waals surface area contributed by atoms with Crippen molar-refractivity contribution in [1.82, 2.24) is 19.5 Å². The van der Waals surface area contributed by atoms with Crippen molar-refractivity contribution in [1.29, 1.82) is 0 Å². The van der Waals surface area contributed by atoms with Gasteiger partial charge in [-0.3, -0.25) is 0 Å². The van der Waals surface area contributed by atoms with Crippen LogP contribution in [-0.2, 0) is 27.6 Å². The van der Waals surface area contributed by atoms with E-state index in [9.17, 15) is 8.42 Å². The molecule has 2 aromatic heterocycles. The lowest BCUT2D eigenvalue weighted by atomic mass is 10.1. The topological polar surface area (TPSA) is 99.4 Å². The van der Waals surface area contributed by atoms with Gasteiger partial charge in [0.25, 0.3) is 10.0 Å². The Morgan fingerprint density at radius 3 is 2.51 bits per heavy atom. The zero-order chi connectivity index (χ0) is 27.4. The average Bonchev–Trinajstić information content (AvgIpc) is 3.16. The van der Waals surface area contributed by atoms with Crippen LogP contribution in [0.3, 0.4) is 0 Å². The number of imidazole rings is 1. The van der Waals surface area contributed by atoms with E-state index in [0.717, 1.165) is 27.2 Å². The van der Waals surface area contributed by atoms with Gasteiger partial charge in [-0.2, -0.15) is 8.42 Å². The highest BCUT2D eigenvalue weighted by Gasteiger charge is 2.30. The number of halogens is 1. The molecule has 0 saturated heterocycles. The zero-order valence-corrected chi connectivity index (χ0v) is 25.7. The summed E-state index contributed by atoms with van der Waals surface area (Å²) in [6, 6.07) is 8.16. The monoisotopic (exact) mass is 583 g/mol. The highest BCUT2D eigenvalue weighted by Crippen LogP contribution is 2.30. The van der Waals surface area contributed by atoms with Gasteiger partial charge in [-0.1, -0.05) is 55.1 Å². The lowest BCUT2D eigenvalue weighted by molar-refractivity contribution is 0.156. The third kappa shape index (κ3) is 7.70. The Hall–Kier alpha value is -2.12. The SMILES string of the molecule is COc1cccc(CSc2nc(Cl)cc(N(COCC[Si](C)(C)C)S(=O)(=O)c3cn(C)c(C)n3)n2)c1C. The number of hydrogen-bond acceptors (Lipinski definition) is 8. The summed E-state index contributed by atoms with van der Waals surface area (Å²) >= 11 is 7.70. The minimum atomic E-state index is -4.08. The van der Waals surface area contributed by atoms with Crippen LogP contribution in [0.25, 0.3) is 0 Å². The molecule has 0 aliphatic carbocycles. The number of benzene rings is 1. The van der Waals surface area contributed by atoms with Gasteiger partial charge in [0.05, 0.1) is 7.11 Å². The Balaban J connectivity index is 1.92. The normalized spacial score (nSPS) is 12.1. The number of hydrogen-bond donors (Lipinski definition) is 0. The molecule has 0 N–H and O–H groups in total. The van der Waals surface area contributed by atoms with Crippen LogP contribution in [0.5, 0.6) is 5.75 Å². The van der Waals surface area contributed by atoms with Crippen LogP contribution in [0.1, 0.15) is 17.0 Å². The summed E-state index contributed by atoms with van der Waals surface area (Å²) < 4.78 is 41.3. The van der Waals surface area contributed by atoms with Gasteiger partial charge >= 0.3 is 0 Å². The fourth-order valence-electron chi connectivity index (χ4n) is 3.31. The molecule has 0 spiro atoms. The molecule has 0 unspecified atom stereocenters. The molecule has 0 aliphatic heterocycles. The second kappa shape index (κ2) is 12.2. The summed E-state index contributed by atoms with van der Waals surface area (Å²) in [5, 5.41) is 0.399. The molecule has 0 aliphatic rings. The maximum atomic E-state index is 13.7. The van der Waals surface area contributed by atoms with Crippen LogP contribution in [0.15, 0.2) is 40.6 Å². The number of aromatic nitrogens is 4. The molecule has 3 rings (SSSR count). The van der Waals surface area contributed by atoms with E-state index in [2.05, 4.69) is 34.6 Å². The molecule has 0 bridgehead atoms. The minimum Gasteiger partial charge on any atom is -0.496 e. The summed E-state index contributed by atoms with van der Waals surface area (Å²) in [6.07, 6.45) is 1.48. The fraction of sp³-hybridized carbons (Fsp3) is 0.458. The number of anilines is 1. The van der Waals surface area contributed by atoms with E-state index in [-0.39, 0.29) is 22.7 Å². The molecular formula is C24H34ClN5O4S2Si. The Bertz CT molecular complexity index is 1330. The Labute approximate surface area is 229 Å². The molecule has 13 heteroatoms. The van der Waals surface area contributed by atoms with Gasteiger partial charge in [0.2, 0.25) is 0 Å². The molecule has 0 amide bonds. The van der Waals surface area contributed by atoms with Crippen LogP contribution >= 0.6 is 23.4 Å². The average molecular weight is 584 g/mol. The summed E-state index contributed by atoms with van der Waals surface area (Å²) in [7, 11) is -2.06. The number of rotatable bonds is 12. The first kappa shape index (κ1) is 29.4. The first-order valence-electron chi connectivity index (χ1n) is 11.7. The smallest absolute Gasteiger partial charge is 0.286 e. The van der Waals surface area contributed by atoms with Crippen LogP contribution in [-0.4, -0.2) is 56.5 Å². The third-order valence-electron chi connectivity index (χ3n) is 5.74. The van der Waals surface area contributed by atoms with Crippen LogP contribution in [0.2, 0.25) is 30.8 Å². The van der Waals surface area contributed by atoms with E-state index in [1.165, 1.54) is 24.0 Å². The molecule has 9 nitrogen and oxygen atoms in total. The van der Waals surface area contributed by atoms with E-state index in [1.54, 1.807) is 25.6 Å². The molecule has 3 aromatic rings. The number of ether oxygens (including phenoxy) is 2. The van der Waals surface area contributed by atoms with E-state index in [0.29, 0.717) is 23.3 Å². The van der Waals surface area contributed by atoms with Gasteiger partial charge in [-0.15, -0.1) is 0 Å². The molecular weight excluding hydrogens is 550 g/mol. The van der Waals surface area contributed by atoms with Crippen LogP contribution < -0.4 is 9.04 Å².